The molecule has 0 aliphatic heterocycles. The molecule has 0 fully saturated rings. The van der Waals surface area contributed by atoms with Gasteiger partial charge in [0.15, 0.2) is 5.96 Å². The minimum atomic E-state index is -4.17. The van der Waals surface area contributed by atoms with Crippen molar-refractivity contribution in [3.8, 4) is 0 Å². The Morgan fingerprint density at radius 1 is 1.29 bits per heavy atom. The molecule has 0 atom stereocenters. The third kappa shape index (κ3) is 7.31. The van der Waals surface area contributed by atoms with Gasteiger partial charge in [-0.15, -0.1) is 11.3 Å². The van der Waals surface area contributed by atoms with Gasteiger partial charge < -0.3 is 10.6 Å². The summed E-state index contributed by atoms with van der Waals surface area (Å²) in [6.45, 7) is 6.74. The molecule has 0 amide bonds. The third-order valence-electron chi connectivity index (χ3n) is 2.65. The molecule has 1 aromatic heterocycles. The quantitative estimate of drug-likeness (QED) is 0.625. The van der Waals surface area contributed by atoms with Crippen LogP contribution < -0.4 is 10.6 Å². The van der Waals surface area contributed by atoms with Crippen molar-refractivity contribution in [3.05, 3.63) is 15.6 Å². The van der Waals surface area contributed by atoms with Crippen molar-refractivity contribution in [2.75, 3.05) is 19.6 Å². The molecule has 0 aromatic carbocycles. The topological polar surface area (TPSA) is 49.3 Å². The summed E-state index contributed by atoms with van der Waals surface area (Å²) in [5, 5.41) is 7.00. The summed E-state index contributed by atoms with van der Waals surface area (Å²) >= 11 is 1.64. The highest BCUT2D eigenvalue weighted by molar-refractivity contribution is 7.11. The molecular formula is C13H21F3N4S. The summed E-state index contributed by atoms with van der Waals surface area (Å²) in [5.41, 5.74) is 1.01. The number of hydrogen-bond acceptors (Lipinski definition) is 3. The van der Waals surface area contributed by atoms with Crippen molar-refractivity contribution < 1.29 is 13.2 Å². The molecule has 0 aliphatic carbocycles. The zero-order chi connectivity index (χ0) is 15.9. The third-order valence-corrected chi connectivity index (χ3v) is 3.79. The van der Waals surface area contributed by atoms with Crippen LogP contribution in [0, 0.1) is 13.8 Å². The van der Waals surface area contributed by atoms with Crippen LogP contribution in [0.1, 0.15) is 28.9 Å². The summed E-state index contributed by atoms with van der Waals surface area (Å²) in [5.74, 6) is 0.417. The SMILES string of the molecule is CCNC(=NCCC(F)(F)F)NCCc1sc(C)nc1C. The second-order valence-corrected chi connectivity index (χ2v) is 5.83. The molecule has 0 aliphatic rings. The highest BCUT2D eigenvalue weighted by atomic mass is 32.1. The van der Waals surface area contributed by atoms with Crippen molar-refractivity contribution in [3.63, 3.8) is 0 Å². The molecule has 0 bridgehead atoms. The number of thiazole rings is 1. The minimum absolute atomic E-state index is 0.266. The van der Waals surface area contributed by atoms with E-state index < -0.39 is 12.6 Å². The minimum Gasteiger partial charge on any atom is -0.357 e. The van der Waals surface area contributed by atoms with Crippen LogP contribution in [0.25, 0.3) is 0 Å². The molecule has 4 nitrogen and oxygen atoms in total. The second kappa shape index (κ2) is 8.21. The molecule has 2 N–H and O–H groups in total. The molecular weight excluding hydrogens is 301 g/mol. The van der Waals surface area contributed by atoms with E-state index in [4.69, 9.17) is 0 Å². The second-order valence-electron chi connectivity index (χ2n) is 4.54. The highest BCUT2D eigenvalue weighted by Gasteiger charge is 2.26. The predicted molar refractivity (Wildman–Crippen MR) is 79.9 cm³/mol. The monoisotopic (exact) mass is 322 g/mol. The number of aryl methyl sites for hydroxylation is 2. The molecule has 21 heavy (non-hydrogen) atoms. The lowest BCUT2D eigenvalue weighted by atomic mass is 10.3. The lowest BCUT2D eigenvalue weighted by molar-refractivity contribution is -0.132. The van der Waals surface area contributed by atoms with E-state index in [0.29, 0.717) is 19.0 Å². The van der Waals surface area contributed by atoms with E-state index in [1.165, 1.54) is 4.88 Å². The number of halogens is 3. The van der Waals surface area contributed by atoms with Gasteiger partial charge in [0.1, 0.15) is 0 Å². The summed E-state index contributed by atoms with van der Waals surface area (Å²) in [7, 11) is 0. The van der Waals surface area contributed by atoms with Crippen LogP contribution in [0.5, 0.6) is 0 Å². The first kappa shape index (κ1) is 17.7. The standard InChI is InChI=1S/C13H21F3N4S/c1-4-17-12(19-8-6-13(14,15)16)18-7-5-11-9(2)20-10(3)21-11/h4-8H2,1-3H3,(H2,17,18,19). The molecule has 0 saturated heterocycles. The van der Waals surface area contributed by atoms with Gasteiger partial charge in [0.25, 0.3) is 0 Å². The van der Waals surface area contributed by atoms with Gasteiger partial charge in [-0.3, -0.25) is 4.99 Å². The largest absolute Gasteiger partial charge is 0.390 e. The van der Waals surface area contributed by atoms with Gasteiger partial charge in [-0.1, -0.05) is 0 Å². The lowest BCUT2D eigenvalue weighted by Gasteiger charge is -2.11. The first-order valence-corrected chi connectivity index (χ1v) is 7.65. The van der Waals surface area contributed by atoms with Gasteiger partial charge >= 0.3 is 6.18 Å². The molecule has 0 unspecified atom stereocenters. The number of guanidine groups is 1. The first-order valence-electron chi connectivity index (χ1n) is 6.83. The Bertz CT molecular complexity index is 468. The molecule has 0 spiro atoms. The van der Waals surface area contributed by atoms with E-state index >= 15 is 0 Å². The van der Waals surface area contributed by atoms with Gasteiger partial charge in [0.2, 0.25) is 0 Å². The number of nitrogens with zero attached hydrogens (tertiary/aromatic N) is 2. The Balaban J connectivity index is 2.43. The summed E-state index contributed by atoms with van der Waals surface area (Å²) in [4.78, 5) is 9.45. The lowest BCUT2D eigenvalue weighted by Crippen LogP contribution is -2.38. The van der Waals surface area contributed by atoms with E-state index in [2.05, 4.69) is 20.6 Å². The van der Waals surface area contributed by atoms with Crippen molar-refractivity contribution in [2.24, 2.45) is 4.99 Å². The highest BCUT2D eigenvalue weighted by Crippen LogP contribution is 2.19. The molecule has 0 saturated carbocycles. The van der Waals surface area contributed by atoms with E-state index in [9.17, 15) is 13.2 Å². The maximum Gasteiger partial charge on any atom is 0.390 e. The summed E-state index contributed by atoms with van der Waals surface area (Å²) in [6, 6.07) is 0. The van der Waals surface area contributed by atoms with Crippen LogP contribution in [-0.4, -0.2) is 36.8 Å². The van der Waals surface area contributed by atoms with Crippen molar-refractivity contribution in [1.82, 2.24) is 15.6 Å². The van der Waals surface area contributed by atoms with E-state index in [0.717, 1.165) is 17.1 Å². The van der Waals surface area contributed by atoms with Crippen LogP contribution in [0.4, 0.5) is 13.2 Å². The predicted octanol–water partition coefficient (Wildman–Crippen LogP) is 2.81. The van der Waals surface area contributed by atoms with E-state index in [1.54, 1.807) is 11.3 Å². The Morgan fingerprint density at radius 2 is 2.00 bits per heavy atom. The van der Waals surface area contributed by atoms with Crippen LogP contribution in [-0.2, 0) is 6.42 Å². The van der Waals surface area contributed by atoms with Crippen molar-refractivity contribution in [2.45, 2.75) is 39.8 Å². The van der Waals surface area contributed by atoms with Gasteiger partial charge in [0.05, 0.1) is 23.7 Å². The number of nitrogens with one attached hydrogen (secondary N) is 2. The van der Waals surface area contributed by atoms with Gasteiger partial charge in [-0.2, -0.15) is 13.2 Å². The zero-order valence-electron chi connectivity index (χ0n) is 12.5. The number of aromatic nitrogens is 1. The Kier molecular flexibility index (Phi) is 6.94. The fourth-order valence-electron chi connectivity index (χ4n) is 1.74. The molecule has 0 radical (unpaired) electrons. The fourth-order valence-corrected chi connectivity index (χ4v) is 2.67. The smallest absolute Gasteiger partial charge is 0.357 e. The van der Waals surface area contributed by atoms with Crippen LogP contribution in [0.15, 0.2) is 4.99 Å². The maximum atomic E-state index is 12.1. The average molecular weight is 322 g/mol. The van der Waals surface area contributed by atoms with Crippen LogP contribution in [0.2, 0.25) is 0 Å². The Labute approximate surface area is 126 Å². The molecule has 1 heterocycles. The van der Waals surface area contributed by atoms with Gasteiger partial charge in [-0.05, 0) is 20.8 Å². The molecule has 1 aromatic rings. The molecule has 8 heteroatoms. The Morgan fingerprint density at radius 3 is 2.52 bits per heavy atom. The fraction of sp³-hybridized carbons (Fsp3) is 0.692. The van der Waals surface area contributed by atoms with Crippen molar-refractivity contribution in [1.29, 1.82) is 0 Å². The van der Waals surface area contributed by atoms with Gasteiger partial charge in [-0.25, -0.2) is 4.98 Å². The normalized spacial score (nSPS) is 12.6. The van der Waals surface area contributed by atoms with Crippen LogP contribution >= 0.6 is 11.3 Å². The number of rotatable bonds is 6. The zero-order valence-corrected chi connectivity index (χ0v) is 13.3. The Hall–Kier alpha value is -1.31. The number of hydrogen-bond donors (Lipinski definition) is 2. The molecule has 120 valence electrons. The van der Waals surface area contributed by atoms with E-state index in [-0.39, 0.29) is 6.54 Å². The summed E-state index contributed by atoms with van der Waals surface area (Å²) in [6.07, 6.45) is -4.30. The summed E-state index contributed by atoms with van der Waals surface area (Å²) < 4.78 is 36.3. The van der Waals surface area contributed by atoms with Crippen molar-refractivity contribution >= 4 is 17.3 Å². The van der Waals surface area contributed by atoms with Crippen LogP contribution in [0.3, 0.4) is 0 Å². The first-order chi connectivity index (χ1) is 9.81. The van der Waals surface area contributed by atoms with Gasteiger partial charge in [0, 0.05) is 24.4 Å². The maximum absolute atomic E-state index is 12.1. The molecule has 1 rings (SSSR count). The van der Waals surface area contributed by atoms with E-state index in [1.807, 2.05) is 20.8 Å². The number of alkyl halides is 3. The average Bonchev–Trinajstić information content (AvgIpc) is 2.66. The number of aliphatic imine (C=N–C) groups is 1.